The molecule has 7 heteroatoms. The molecule has 80 valence electrons. The van der Waals surface area contributed by atoms with E-state index in [2.05, 4.69) is 15.5 Å². The Hall–Kier alpha value is -1.24. The van der Waals surface area contributed by atoms with Gasteiger partial charge in [0.2, 0.25) is 0 Å². The van der Waals surface area contributed by atoms with Crippen LogP contribution in [0, 0.1) is 0 Å². The largest absolute Gasteiger partial charge is 0.382 e. The van der Waals surface area contributed by atoms with Crippen molar-refractivity contribution in [2.75, 3.05) is 29.6 Å². The number of anilines is 2. The van der Waals surface area contributed by atoms with Crippen molar-refractivity contribution in [2.45, 2.75) is 6.42 Å². The van der Waals surface area contributed by atoms with E-state index in [1.54, 1.807) is 6.20 Å². The van der Waals surface area contributed by atoms with Crippen LogP contribution < -0.4 is 11.1 Å². The normalized spacial score (nSPS) is 11.5. The number of nitrogens with two attached hydrogens (primary N) is 1. The molecule has 14 heavy (non-hydrogen) atoms. The number of nitrogens with zero attached hydrogens (tertiary/aromatic N) is 1. The van der Waals surface area contributed by atoms with Gasteiger partial charge in [-0.2, -0.15) is 5.10 Å². The van der Waals surface area contributed by atoms with Crippen molar-refractivity contribution in [3.63, 3.8) is 0 Å². The Labute approximate surface area is 82.8 Å². The predicted octanol–water partition coefficient (Wildman–Crippen LogP) is -0.162. The van der Waals surface area contributed by atoms with E-state index >= 15 is 0 Å². The molecule has 4 N–H and O–H groups in total. The fraction of sp³-hybridized carbons (Fsp3) is 0.571. The van der Waals surface area contributed by atoms with E-state index < -0.39 is 9.84 Å². The summed E-state index contributed by atoms with van der Waals surface area (Å²) in [5.74, 6) is 0.641. The number of nitrogens with one attached hydrogen (secondary N) is 2. The van der Waals surface area contributed by atoms with Crippen LogP contribution in [0.1, 0.15) is 6.42 Å². The summed E-state index contributed by atoms with van der Waals surface area (Å²) in [5, 5.41) is 9.27. The molecule has 0 radical (unpaired) electrons. The Morgan fingerprint density at radius 1 is 1.64 bits per heavy atom. The van der Waals surface area contributed by atoms with Gasteiger partial charge in [-0.05, 0) is 6.42 Å². The Kier molecular flexibility index (Phi) is 3.34. The van der Waals surface area contributed by atoms with Crippen LogP contribution in [0.25, 0.3) is 0 Å². The number of sulfone groups is 1. The Morgan fingerprint density at radius 3 is 2.86 bits per heavy atom. The molecular weight excluding hydrogens is 204 g/mol. The summed E-state index contributed by atoms with van der Waals surface area (Å²) in [6.07, 6.45) is 3.35. The van der Waals surface area contributed by atoms with Crippen molar-refractivity contribution in [1.29, 1.82) is 0 Å². The van der Waals surface area contributed by atoms with Crippen LogP contribution in [0.15, 0.2) is 6.20 Å². The van der Waals surface area contributed by atoms with Gasteiger partial charge in [-0.15, -0.1) is 0 Å². The van der Waals surface area contributed by atoms with E-state index in [1.165, 1.54) is 6.26 Å². The molecule has 1 rings (SSSR count). The van der Waals surface area contributed by atoms with Gasteiger partial charge in [0.25, 0.3) is 0 Å². The fourth-order valence-electron chi connectivity index (χ4n) is 0.994. The van der Waals surface area contributed by atoms with Crippen LogP contribution in [0.5, 0.6) is 0 Å². The Morgan fingerprint density at radius 2 is 2.36 bits per heavy atom. The van der Waals surface area contributed by atoms with Gasteiger partial charge < -0.3 is 11.1 Å². The zero-order chi connectivity index (χ0) is 10.6. The molecule has 0 fully saturated rings. The second kappa shape index (κ2) is 4.32. The van der Waals surface area contributed by atoms with Gasteiger partial charge in [0, 0.05) is 12.8 Å². The number of rotatable bonds is 5. The van der Waals surface area contributed by atoms with Gasteiger partial charge in [0.05, 0.1) is 17.6 Å². The molecule has 0 saturated carbocycles. The van der Waals surface area contributed by atoms with Gasteiger partial charge in [0.15, 0.2) is 0 Å². The number of aromatic amines is 1. The minimum absolute atomic E-state index is 0.178. The minimum Gasteiger partial charge on any atom is -0.382 e. The third kappa shape index (κ3) is 3.65. The Bertz CT molecular complexity index is 384. The first-order valence-electron chi connectivity index (χ1n) is 4.19. The first-order valence-corrected chi connectivity index (χ1v) is 6.25. The van der Waals surface area contributed by atoms with Gasteiger partial charge >= 0.3 is 0 Å². The molecule has 0 aliphatic rings. The molecule has 0 aliphatic heterocycles. The highest BCUT2D eigenvalue weighted by atomic mass is 32.2. The van der Waals surface area contributed by atoms with Crippen molar-refractivity contribution in [3.05, 3.63) is 6.20 Å². The highest BCUT2D eigenvalue weighted by Crippen LogP contribution is 2.12. The highest BCUT2D eigenvalue weighted by Gasteiger charge is 2.02. The summed E-state index contributed by atoms with van der Waals surface area (Å²) in [4.78, 5) is 0. The second-order valence-electron chi connectivity index (χ2n) is 3.11. The summed E-state index contributed by atoms with van der Waals surface area (Å²) >= 11 is 0. The van der Waals surface area contributed by atoms with E-state index in [0.29, 0.717) is 24.5 Å². The van der Waals surface area contributed by atoms with Gasteiger partial charge in [-0.3, -0.25) is 5.10 Å². The lowest BCUT2D eigenvalue weighted by molar-refractivity contribution is 0.600. The zero-order valence-electron chi connectivity index (χ0n) is 7.95. The predicted molar refractivity (Wildman–Crippen MR) is 55.8 cm³/mol. The second-order valence-corrected chi connectivity index (χ2v) is 5.37. The topological polar surface area (TPSA) is 101 Å². The monoisotopic (exact) mass is 218 g/mol. The van der Waals surface area contributed by atoms with Crippen LogP contribution in [0.4, 0.5) is 11.5 Å². The van der Waals surface area contributed by atoms with E-state index in [-0.39, 0.29) is 5.75 Å². The average molecular weight is 218 g/mol. The molecule has 0 amide bonds. The molecule has 0 unspecified atom stereocenters. The minimum atomic E-state index is -2.87. The molecule has 0 bridgehead atoms. The number of H-pyrrole nitrogens is 1. The van der Waals surface area contributed by atoms with Crippen molar-refractivity contribution >= 4 is 21.3 Å². The summed E-state index contributed by atoms with van der Waals surface area (Å²) < 4.78 is 21.6. The molecular formula is C7H14N4O2S. The number of hydrogen-bond acceptors (Lipinski definition) is 5. The van der Waals surface area contributed by atoms with Crippen molar-refractivity contribution in [3.8, 4) is 0 Å². The van der Waals surface area contributed by atoms with E-state index in [1.807, 2.05) is 0 Å². The first kappa shape index (κ1) is 10.8. The maximum atomic E-state index is 10.8. The van der Waals surface area contributed by atoms with Gasteiger partial charge in [-0.1, -0.05) is 0 Å². The SMILES string of the molecule is CS(=O)(=O)CCCNc1cn[nH]c1N. The molecule has 6 nitrogen and oxygen atoms in total. The number of nitrogen functional groups attached to an aromatic ring is 1. The smallest absolute Gasteiger partial charge is 0.147 e. The molecule has 0 spiro atoms. The maximum Gasteiger partial charge on any atom is 0.147 e. The van der Waals surface area contributed by atoms with E-state index in [4.69, 9.17) is 5.73 Å². The third-order valence-electron chi connectivity index (χ3n) is 1.68. The number of hydrogen-bond donors (Lipinski definition) is 3. The summed E-state index contributed by atoms with van der Waals surface area (Å²) in [6, 6.07) is 0. The van der Waals surface area contributed by atoms with Crippen LogP contribution in [0.2, 0.25) is 0 Å². The van der Waals surface area contributed by atoms with Crippen LogP contribution in [0.3, 0.4) is 0 Å². The molecule has 0 saturated heterocycles. The average Bonchev–Trinajstić information content (AvgIpc) is 2.44. The van der Waals surface area contributed by atoms with Crippen molar-refractivity contribution < 1.29 is 8.42 Å². The zero-order valence-corrected chi connectivity index (χ0v) is 8.76. The Balaban J connectivity index is 2.26. The van der Waals surface area contributed by atoms with Crippen LogP contribution >= 0.6 is 0 Å². The third-order valence-corrected chi connectivity index (χ3v) is 2.71. The number of aromatic nitrogens is 2. The molecule has 0 aromatic carbocycles. The van der Waals surface area contributed by atoms with E-state index in [9.17, 15) is 8.42 Å². The molecule has 1 aromatic heterocycles. The highest BCUT2D eigenvalue weighted by molar-refractivity contribution is 7.90. The van der Waals surface area contributed by atoms with E-state index in [0.717, 1.165) is 0 Å². The van der Waals surface area contributed by atoms with Gasteiger partial charge in [0.1, 0.15) is 15.7 Å². The lowest BCUT2D eigenvalue weighted by Crippen LogP contribution is -2.10. The maximum absolute atomic E-state index is 10.8. The lowest BCUT2D eigenvalue weighted by atomic mass is 10.4. The van der Waals surface area contributed by atoms with Crippen LogP contribution in [-0.2, 0) is 9.84 Å². The molecule has 0 atom stereocenters. The summed E-state index contributed by atoms with van der Waals surface area (Å²) in [6.45, 7) is 0.566. The van der Waals surface area contributed by atoms with Crippen molar-refractivity contribution in [2.24, 2.45) is 0 Å². The van der Waals surface area contributed by atoms with Crippen molar-refractivity contribution in [1.82, 2.24) is 10.2 Å². The van der Waals surface area contributed by atoms with Gasteiger partial charge in [-0.25, -0.2) is 8.42 Å². The first-order chi connectivity index (χ1) is 6.49. The fourth-order valence-corrected chi connectivity index (χ4v) is 1.66. The molecule has 0 aliphatic carbocycles. The molecule has 1 heterocycles. The van der Waals surface area contributed by atoms with Crippen LogP contribution in [-0.4, -0.2) is 37.2 Å². The molecule has 1 aromatic rings. The lowest BCUT2D eigenvalue weighted by Gasteiger charge is -2.03. The summed E-state index contributed by atoms with van der Waals surface area (Å²) in [7, 11) is -2.87. The summed E-state index contributed by atoms with van der Waals surface area (Å²) in [5.41, 5.74) is 6.22. The quantitative estimate of drug-likeness (QED) is 0.596. The standard InChI is InChI=1S/C7H14N4O2S/c1-14(12,13)4-2-3-9-6-5-10-11-7(6)8/h5,9H,2-4H2,1H3,(H3,8,10,11).